The molecule has 0 atom stereocenters. The minimum absolute atomic E-state index is 0.766. The van der Waals surface area contributed by atoms with Crippen molar-refractivity contribution in [2.45, 2.75) is 23.6 Å². The molecular weight excluding hydrogens is 242 g/mol. The largest absolute Gasteiger partial charge is 0.464 e. The smallest absolute Gasteiger partial charge is 0.174 e. The van der Waals surface area contributed by atoms with Crippen molar-refractivity contribution in [3.63, 3.8) is 0 Å². The molecule has 0 aliphatic rings. The van der Waals surface area contributed by atoms with Crippen LogP contribution in [0.3, 0.4) is 0 Å². The maximum Gasteiger partial charge on any atom is 0.174 e. The highest BCUT2D eigenvalue weighted by atomic mass is 32.2. The zero-order valence-electron chi connectivity index (χ0n) is 9.19. The highest BCUT2D eigenvalue weighted by Gasteiger charge is 2.05. The molecule has 2 aromatic rings. The van der Waals surface area contributed by atoms with E-state index in [0.717, 1.165) is 33.2 Å². The van der Waals surface area contributed by atoms with Crippen molar-refractivity contribution in [3.05, 3.63) is 28.7 Å². The molecule has 16 heavy (non-hydrogen) atoms. The van der Waals surface area contributed by atoms with Gasteiger partial charge in [-0.25, -0.2) is 0 Å². The van der Waals surface area contributed by atoms with Gasteiger partial charge in [-0.1, -0.05) is 23.1 Å². The van der Waals surface area contributed by atoms with Crippen molar-refractivity contribution in [3.8, 4) is 0 Å². The first kappa shape index (κ1) is 11.6. The van der Waals surface area contributed by atoms with E-state index in [-0.39, 0.29) is 0 Å². The monoisotopic (exact) mass is 255 g/mol. The molecule has 0 aliphatic heterocycles. The number of nitrogens with zero attached hydrogens (tertiary/aromatic N) is 2. The molecule has 4 nitrogen and oxygen atoms in total. The minimum atomic E-state index is 0.766. The van der Waals surface area contributed by atoms with Gasteiger partial charge < -0.3 is 9.73 Å². The lowest BCUT2D eigenvalue weighted by Crippen LogP contribution is -2.03. The van der Waals surface area contributed by atoms with Crippen LogP contribution >= 0.6 is 23.1 Å². The molecule has 0 radical (unpaired) electrons. The summed E-state index contributed by atoms with van der Waals surface area (Å²) in [6.45, 7) is 2.72. The molecule has 2 aromatic heterocycles. The van der Waals surface area contributed by atoms with Gasteiger partial charge in [0.2, 0.25) is 0 Å². The van der Waals surface area contributed by atoms with Crippen LogP contribution in [0.2, 0.25) is 0 Å². The van der Waals surface area contributed by atoms with Crippen molar-refractivity contribution >= 4 is 23.1 Å². The Morgan fingerprint density at radius 3 is 2.88 bits per heavy atom. The van der Waals surface area contributed by atoms with Gasteiger partial charge in [-0.2, -0.15) is 0 Å². The van der Waals surface area contributed by atoms with Gasteiger partial charge in [-0.3, -0.25) is 0 Å². The molecule has 0 amide bonds. The maximum absolute atomic E-state index is 5.63. The van der Waals surface area contributed by atoms with Gasteiger partial charge in [0.05, 0.1) is 12.3 Å². The van der Waals surface area contributed by atoms with Gasteiger partial charge in [0, 0.05) is 0 Å². The molecule has 0 aromatic carbocycles. The van der Waals surface area contributed by atoms with Crippen molar-refractivity contribution in [1.29, 1.82) is 0 Å². The third-order valence-corrected chi connectivity index (χ3v) is 3.91. The molecule has 0 saturated carbocycles. The third kappa shape index (κ3) is 3.07. The highest BCUT2D eigenvalue weighted by molar-refractivity contribution is 8.00. The Morgan fingerprint density at radius 2 is 2.19 bits per heavy atom. The Morgan fingerprint density at radius 1 is 1.38 bits per heavy atom. The fraction of sp³-hybridized carbons (Fsp3) is 0.400. The number of thioether (sulfide) groups is 1. The zero-order valence-corrected chi connectivity index (χ0v) is 10.8. The number of furan rings is 1. The van der Waals surface area contributed by atoms with E-state index in [0.29, 0.717) is 0 Å². The fourth-order valence-electron chi connectivity index (χ4n) is 1.24. The van der Waals surface area contributed by atoms with Crippen LogP contribution in [0.25, 0.3) is 0 Å². The Kier molecular flexibility index (Phi) is 3.98. The summed E-state index contributed by atoms with van der Waals surface area (Å²) >= 11 is 3.27. The summed E-state index contributed by atoms with van der Waals surface area (Å²) in [6.07, 6.45) is 0. The Hall–Kier alpha value is -0.850. The lowest BCUT2D eigenvalue weighted by Gasteiger charge is -1.95. The van der Waals surface area contributed by atoms with Gasteiger partial charge >= 0.3 is 0 Å². The zero-order chi connectivity index (χ0) is 11.4. The number of aryl methyl sites for hydroxylation is 1. The van der Waals surface area contributed by atoms with Crippen LogP contribution < -0.4 is 5.32 Å². The standard InChI is InChI=1S/C10H13N3OS2/c1-7-12-13-10(16-7)15-6-9-4-3-8(14-9)5-11-2/h3-4,11H,5-6H2,1-2H3. The Balaban J connectivity index is 1.89. The molecule has 0 fully saturated rings. The van der Waals surface area contributed by atoms with Crippen LogP contribution in [0.15, 0.2) is 20.9 Å². The van der Waals surface area contributed by atoms with Gasteiger partial charge in [0.1, 0.15) is 16.5 Å². The van der Waals surface area contributed by atoms with E-state index >= 15 is 0 Å². The molecule has 86 valence electrons. The lowest BCUT2D eigenvalue weighted by atomic mass is 10.4. The topological polar surface area (TPSA) is 51.0 Å². The molecule has 0 unspecified atom stereocenters. The fourth-order valence-corrected chi connectivity index (χ4v) is 2.95. The molecule has 2 rings (SSSR count). The first-order valence-electron chi connectivity index (χ1n) is 4.93. The molecule has 2 heterocycles. The SMILES string of the molecule is CNCc1ccc(CSc2nnc(C)s2)o1. The molecule has 0 saturated heterocycles. The van der Waals surface area contributed by atoms with Gasteiger partial charge in [0.25, 0.3) is 0 Å². The molecule has 1 N–H and O–H groups in total. The Labute approximate surface area is 102 Å². The van der Waals surface area contributed by atoms with Crippen LogP contribution in [0, 0.1) is 6.92 Å². The maximum atomic E-state index is 5.63. The first-order valence-corrected chi connectivity index (χ1v) is 6.73. The predicted molar refractivity (Wildman–Crippen MR) is 65.7 cm³/mol. The molecule has 0 spiro atoms. The van der Waals surface area contributed by atoms with Crippen molar-refractivity contribution in [1.82, 2.24) is 15.5 Å². The van der Waals surface area contributed by atoms with E-state index in [2.05, 4.69) is 15.5 Å². The van der Waals surface area contributed by atoms with Gasteiger partial charge in [-0.15, -0.1) is 10.2 Å². The van der Waals surface area contributed by atoms with E-state index in [9.17, 15) is 0 Å². The number of nitrogens with one attached hydrogen (secondary N) is 1. The van der Waals surface area contributed by atoms with Crippen molar-refractivity contribution in [2.24, 2.45) is 0 Å². The quantitative estimate of drug-likeness (QED) is 0.832. The van der Waals surface area contributed by atoms with E-state index in [1.54, 1.807) is 23.1 Å². The summed E-state index contributed by atoms with van der Waals surface area (Å²) < 4.78 is 6.62. The molecule has 6 heteroatoms. The summed E-state index contributed by atoms with van der Waals surface area (Å²) in [5.41, 5.74) is 0. The normalized spacial score (nSPS) is 10.9. The Bertz CT molecular complexity index is 452. The van der Waals surface area contributed by atoms with Gasteiger partial charge in [0.15, 0.2) is 4.34 Å². The van der Waals surface area contributed by atoms with E-state index < -0.39 is 0 Å². The predicted octanol–water partition coefficient (Wildman–Crippen LogP) is 2.45. The number of hydrogen-bond donors (Lipinski definition) is 1. The summed E-state index contributed by atoms with van der Waals surface area (Å²) in [4.78, 5) is 0. The number of aromatic nitrogens is 2. The van der Waals surface area contributed by atoms with Crippen LogP contribution in [-0.4, -0.2) is 17.2 Å². The third-order valence-electron chi connectivity index (χ3n) is 1.91. The summed E-state index contributed by atoms with van der Waals surface area (Å²) in [7, 11) is 1.90. The molecule has 0 bridgehead atoms. The summed E-state index contributed by atoms with van der Waals surface area (Å²) in [5, 5.41) is 12.1. The van der Waals surface area contributed by atoms with Crippen molar-refractivity contribution < 1.29 is 4.42 Å². The second kappa shape index (κ2) is 5.47. The van der Waals surface area contributed by atoms with E-state index in [4.69, 9.17) is 4.42 Å². The highest BCUT2D eigenvalue weighted by Crippen LogP contribution is 2.26. The van der Waals surface area contributed by atoms with E-state index in [1.807, 2.05) is 26.1 Å². The second-order valence-corrected chi connectivity index (χ2v) is 5.68. The van der Waals surface area contributed by atoms with Crippen molar-refractivity contribution in [2.75, 3.05) is 7.05 Å². The molecular formula is C10H13N3OS2. The first-order chi connectivity index (χ1) is 7.78. The minimum Gasteiger partial charge on any atom is -0.464 e. The van der Waals surface area contributed by atoms with Crippen LogP contribution in [-0.2, 0) is 12.3 Å². The average Bonchev–Trinajstić information content (AvgIpc) is 2.85. The van der Waals surface area contributed by atoms with Crippen LogP contribution in [0.1, 0.15) is 16.5 Å². The van der Waals surface area contributed by atoms with Crippen LogP contribution in [0.5, 0.6) is 0 Å². The number of rotatable bonds is 5. The average molecular weight is 255 g/mol. The second-order valence-electron chi connectivity index (χ2n) is 3.27. The van der Waals surface area contributed by atoms with E-state index in [1.165, 1.54) is 0 Å². The molecule has 0 aliphatic carbocycles. The van der Waals surface area contributed by atoms with Crippen LogP contribution in [0.4, 0.5) is 0 Å². The summed E-state index contributed by atoms with van der Waals surface area (Å²) in [6, 6.07) is 4.01. The summed E-state index contributed by atoms with van der Waals surface area (Å²) in [5.74, 6) is 2.74. The number of hydrogen-bond acceptors (Lipinski definition) is 6. The van der Waals surface area contributed by atoms with Gasteiger partial charge in [-0.05, 0) is 26.1 Å². The lowest BCUT2D eigenvalue weighted by molar-refractivity contribution is 0.469.